The number of hydrogen-bond donors (Lipinski definition) is 1. The summed E-state index contributed by atoms with van der Waals surface area (Å²) in [5, 5.41) is 5.44. The summed E-state index contributed by atoms with van der Waals surface area (Å²) in [5.41, 5.74) is 1.64. The largest absolute Gasteiger partial charge is 0.466 e. The number of ether oxygens (including phenoxy) is 2. The van der Waals surface area contributed by atoms with E-state index in [4.69, 9.17) is 9.47 Å². The van der Waals surface area contributed by atoms with E-state index in [-0.39, 0.29) is 11.1 Å². The Labute approximate surface area is 197 Å². The molecule has 1 aromatic heterocycles. The van der Waals surface area contributed by atoms with Crippen LogP contribution >= 0.6 is 11.3 Å². The minimum absolute atomic E-state index is 0.0240. The number of thiazole rings is 1. The molecule has 174 valence electrons. The lowest BCUT2D eigenvalue weighted by atomic mass is 9.90. The predicted molar refractivity (Wildman–Crippen MR) is 122 cm³/mol. The first kappa shape index (κ1) is 23.2. The van der Waals surface area contributed by atoms with Gasteiger partial charge in [0.2, 0.25) is 0 Å². The summed E-state index contributed by atoms with van der Waals surface area (Å²) >= 11 is 1.32. The summed E-state index contributed by atoms with van der Waals surface area (Å²) in [5.74, 6) is -2.87. The van der Waals surface area contributed by atoms with Crippen LogP contribution in [0.1, 0.15) is 38.1 Å². The number of esters is 2. The minimum atomic E-state index is -1.02. The monoisotopic (exact) mass is 483 g/mol. The average molecular weight is 483 g/mol. The second-order valence-corrected chi connectivity index (χ2v) is 8.16. The molecule has 1 aliphatic rings. The van der Waals surface area contributed by atoms with E-state index in [9.17, 15) is 18.4 Å². The van der Waals surface area contributed by atoms with Crippen molar-refractivity contribution in [3.05, 3.63) is 92.4 Å². The highest BCUT2D eigenvalue weighted by Gasteiger charge is 2.34. The van der Waals surface area contributed by atoms with Crippen molar-refractivity contribution in [3.8, 4) is 0 Å². The standard InChI is InChI=1S/C24H19F2N3O4S/c1-12-15(8-9-16(25)18(12)26)20-17(24(31)33-3)19(28-21(29-20)22-27-10-11-34-22)13-4-6-14(7-5-13)23(30)32-2/h4-11,20H,1-3H3,(H,28,29). The number of halogens is 2. The van der Waals surface area contributed by atoms with Crippen LogP contribution in [0.4, 0.5) is 8.78 Å². The smallest absolute Gasteiger partial charge is 0.338 e. The number of hydrogen-bond acceptors (Lipinski definition) is 8. The van der Waals surface area contributed by atoms with E-state index < -0.39 is 29.6 Å². The number of amidine groups is 1. The predicted octanol–water partition coefficient (Wildman–Crippen LogP) is 4.19. The number of methoxy groups -OCH3 is 2. The third-order valence-electron chi connectivity index (χ3n) is 5.35. The Morgan fingerprint density at radius 3 is 2.35 bits per heavy atom. The molecular weight excluding hydrogens is 464 g/mol. The van der Waals surface area contributed by atoms with Crippen LogP contribution in [0.3, 0.4) is 0 Å². The molecule has 2 heterocycles. The quantitative estimate of drug-likeness (QED) is 0.548. The molecule has 0 radical (unpaired) electrons. The molecule has 10 heteroatoms. The summed E-state index contributed by atoms with van der Waals surface area (Å²) in [6, 6.07) is 7.77. The van der Waals surface area contributed by atoms with Crippen molar-refractivity contribution in [2.75, 3.05) is 14.2 Å². The van der Waals surface area contributed by atoms with E-state index in [1.165, 1.54) is 38.5 Å². The Balaban J connectivity index is 1.94. The van der Waals surface area contributed by atoms with Crippen LogP contribution in [0, 0.1) is 18.6 Å². The highest BCUT2D eigenvalue weighted by Crippen LogP contribution is 2.38. The molecule has 1 N–H and O–H groups in total. The summed E-state index contributed by atoms with van der Waals surface area (Å²) in [6.45, 7) is 1.42. The molecule has 1 atom stereocenters. The summed E-state index contributed by atoms with van der Waals surface area (Å²) in [6.07, 6.45) is 1.60. The van der Waals surface area contributed by atoms with Gasteiger partial charge in [-0.3, -0.25) is 4.99 Å². The zero-order valence-corrected chi connectivity index (χ0v) is 19.2. The number of aliphatic imine (C=N–C) groups is 1. The summed E-state index contributed by atoms with van der Waals surface area (Å²) in [7, 11) is 2.50. The normalized spacial score (nSPS) is 15.4. The number of nitrogens with one attached hydrogen (secondary N) is 1. The van der Waals surface area contributed by atoms with E-state index in [2.05, 4.69) is 15.3 Å². The van der Waals surface area contributed by atoms with E-state index in [1.807, 2.05) is 0 Å². The summed E-state index contributed by atoms with van der Waals surface area (Å²) < 4.78 is 38.1. The van der Waals surface area contributed by atoms with Crippen molar-refractivity contribution >= 4 is 34.8 Å². The van der Waals surface area contributed by atoms with Gasteiger partial charge in [-0.05, 0) is 41.8 Å². The van der Waals surface area contributed by atoms with Gasteiger partial charge in [0.05, 0.1) is 31.1 Å². The highest BCUT2D eigenvalue weighted by molar-refractivity contribution is 7.11. The van der Waals surface area contributed by atoms with Gasteiger partial charge in [-0.25, -0.2) is 23.4 Å². The van der Waals surface area contributed by atoms with E-state index in [0.717, 1.165) is 6.07 Å². The molecule has 7 nitrogen and oxygen atoms in total. The molecule has 34 heavy (non-hydrogen) atoms. The van der Waals surface area contributed by atoms with Crippen LogP contribution in [-0.2, 0) is 14.3 Å². The number of carbonyl (C=O) groups excluding carboxylic acids is 2. The van der Waals surface area contributed by atoms with Crippen molar-refractivity contribution in [3.63, 3.8) is 0 Å². The van der Waals surface area contributed by atoms with Crippen molar-refractivity contribution in [2.45, 2.75) is 13.0 Å². The van der Waals surface area contributed by atoms with Gasteiger partial charge >= 0.3 is 11.9 Å². The van der Waals surface area contributed by atoms with Gasteiger partial charge in [0.15, 0.2) is 22.5 Å². The Morgan fingerprint density at radius 1 is 1.03 bits per heavy atom. The lowest BCUT2D eigenvalue weighted by Crippen LogP contribution is -2.33. The van der Waals surface area contributed by atoms with Crippen molar-refractivity contribution in [1.82, 2.24) is 10.3 Å². The molecular formula is C24H19F2N3O4S. The van der Waals surface area contributed by atoms with Gasteiger partial charge in [0.25, 0.3) is 0 Å². The van der Waals surface area contributed by atoms with E-state index >= 15 is 0 Å². The molecule has 0 aliphatic carbocycles. The fraction of sp³-hybridized carbons (Fsp3) is 0.167. The summed E-state index contributed by atoms with van der Waals surface area (Å²) in [4.78, 5) is 33.7. The van der Waals surface area contributed by atoms with Gasteiger partial charge < -0.3 is 14.8 Å². The van der Waals surface area contributed by atoms with Gasteiger partial charge in [-0.1, -0.05) is 18.2 Å². The maximum atomic E-state index is 14.5. The van der Waals surface area contributed by atoms with Crippen LogP contribution in [0.5, 0.6) is 0 Å². The molecule has 1 unspecified atom stereocenters. The SMILES string of the molecule is COC(=O)C1=C(c2ccc(C(=O)OC)cc2)NC(c2nccs2)=NC1c1ccc(F)c(F)c1C. The highest BCUT2D eigenvalue weighted by atomic mass is 32.1. The molecule has 1 aliphatic heterocycles. The van der Waals surface area contributed by atoms with Crippen LogP contribution < -0.4 is 5.32 Å². The van der Waals surface area contributed by atoms with Crippen molar-refractivity contribution < 1.29 is 27.8 Å². The van der Waals surface area contributed by atoms with E-state index in [1.54, 1.807) is 35.8 Å². The van der Waals surface area contributed by atoms with Gasteiger partial charge in [-0.15, -0.1) is 11.3 Å². The molecule has 0 saturated carbocycles. The molecule has 0 bridgehead atoms. The topological polar surface area (TPSA) is 89.9 Å². The first-order valence-corrected chi connectivity index (χ1v) is 10.9. The fourth-order valence-corrected chi connectivity index (χ4v) is 4.22. The van der Waals surface area contributed by atoms with Crippen molar-refractivity contribution in [2.24, 2.45) is 4.99 Å². The van der Waals surface area contributed by atoms with Gasteiger partial charge in [-0.2, -0.15) is 0 Å². The number of nitrogens with zero attached hydrogens (tertiary/aromatic N) is 2. The van der Waals surface area contributed by atoms with Crippen molar-refractivity contribution in [1.29, 1.82) is 0 Å². The van der Waals surface area contributed by atoms with Crippen LogP contribution in [0.25, 0.3) is 5.70 Å². The number of benzene rings is 2. The van der Waals surface area contributed by atoms with Crippen LogP contribution in [0.15, 0.2) is 58.5 Å². The molecule has 3 aromatic rings. The second-order valence-electron chi connectivity index (χ2n) is 7.27. The minimum Gasteiger partial charge on any atom is -0.466 e. The molecule has 0 saturated heterocycles. The maximum absolute atomic E-state index is 14.5. The zero-order chi connectivity index (χ0) is 24.4. The third kappa shape index (κ3) is 4.19. The number of carbonyl (C=O) groups is 2. The van der Waals surface area contributed by atoms with Gasteiger partial charge in [0.1, 0.15) is 6.04 Å². The van der Waals surface area contributed by atoms with Crippen LogP contribution in [0.2, 0.25) is 0 Å². The Bertz CT molecular complexity index is 1320. The molecule has 0 spiro atoms. The maximum Gasteiger partial charge on any atom is 0.338 e. The molecule has 0 amide bonds. The lowest BCUT2D eigenvalue weighted by molar-refractivity contribution is -0.136. The average Bonchev–Trinajstić information content (AvgIpc) is 3.41. The number of aromatic nitrogens is 1. The first-order valence-electron chi connectivity index (χ1n) is 10.1. The molecule has 0 fully saturated rings. The number of rotatable bonds is 5. The van der Waals surface area contributed by atoms with Crippen LogP contribution in [-0.4, -0.2) is 37.0 Å². The fourth-order valence-electron chi connectivity index (χ4n) is 3.63. The third-order valence-corrected chi connectivity index (χ3v) is 6.13. The lowest BCUT2D eigenvalue weighted by Gasteiger charge is -2.28. The molecule has 2 aromatic carbocycles. The zero-order valence-electron chi connectivity index (χ0n) is 18.4. The first-order chi connectivity index (χ1) is 16.3. The van der Waals surface area contributed by atoms with Gasteiger partial charge in [0, 0.05) is 11.6 Å². The molecule has 4 rings (SSSR count). The second kappa shape index (κ2) is 9.52. The Morgan fingerprint density at radius 2 is 1.74 bits per heavy atom. The Kier molecular flexibility index (Phi) is 6.51. The van der Waals surface area contributed by atoms with E-state index in [0.29, 0.717) is 33.2 Å². The Hall–Kier alpha value is -3.92.